The monoisotopic (exact) mass is 281 g/mol. The molecule has 2 N–H and O–H groups in total. The van der Waals surface area contributed by atoms with Crippen LogP contribution in [0.5, 0.6) is 0 Å². The van der Waals surface area contributed by atoms with Crippen molar-refractivity contribution in [3.8, 4) is 0 Å². The number of aryl methyl sites for hydroxylation is 2. The van der Waals surface area contributed by atoms with Gasteiger partial charge in [0.15, 0.2) is 5.96 Å². The van der Waals surface area contributed by atoms with E-state index in [2.05, 4.69) is 25.5 Å². The molecule has 0 unspecified atom stereocenters. The third-order valence-electron chi connectivity index (χ3n) is 3.16. The molecule has 1 aromatic rings. The van der Waals surface area contributed by atoms with Crippen LogP contribution in [-0.4, -0.2) is 42.4 Å². The molecule has 20 heavy (non-hydrogen) atoms. The number of methoxy groups -OCH3 is 1. The molecule has 0 bridgehead atoms. The number of aromatic nitrogens is 2. The molecule has 7 heteroatoms. The zero-order chi connectivity index (χ0) is 15.1. The molecular weight excluding hydrogens is 258 g/mol. The molecule has 0 aliphatic carbocycles. The topological polar surface area (TPSA) is 80.5 Å². The first-order valence-corrected chi connectivity index (χ1v) is 6.50. The fourth-order valence-corrected chi connectivity index (χ4v) is 1.85. The smallest absolute Gasteiger partial charge is 0.307 e. The third kappa shape index (κ3) is 4.25. The lowest BCUT2D eigenvalue weighted by molar-refractivity contribution is -0.140. The van der Waals surface area contributed by atoms with Crippen molar-refractivity contribution in [1.82, 2.24) is 20.4 Å². The molecular formula is C13H23N5O2. The molecule has 0 radical (unpaired) electrons. The summed E-state index contributed by atoms with van der Waals surface area (Å²) in [7, 11) is 5.00. The second-order valence-corrected chi connectivity index (χ2v) is 4.45. The second kappa shape index (κ2) is 7.52. The highest BCUT2D eigenvalue weighted by Crippen LogP contribution is 2.10. The average molecular weight is 281 g/mol. The maximum Gasteiger partial charge on any atom is 0.307 e. The predicted octanol–water partition coefficient (Wildman–Crippen LogP) is 0.265. The van der Waals surface area contributed by atoms with Crippen LogP contribution < -0.4 is 10.6 Å². The summed E-state index contributed by atoms with van der Waals surface area (Å²) in [6.45, 7) is 5.14. The van der Waals surface area contributed by atoms with Crippen LogP contribution in [0.25, 0.3) is 0 Å². The number of hydrogen-bond donors (Lipinski definition) is 2. The van der Waals surface area contributed by atoms with Crippen LogP contribution >= 0.6 is 0 Å². The van der Waals surface area contributed by atoms with E-state index in [9.17, 15) is 4.79 Å². The van der Waals surface area contributed by atoms with Crippen LogP contribution in [0.15, 0.2) is 4.99 Å². The lowest BCUT2D eigenvalue weighted by atomic mass is 10.2. The van der Waals surface area contributed by atoms with E-state index >= 15 is 0 Å². The van der Waals surface area contributed by atoms with Gasteiger partial charge in [-0.2, -0.15) is 5.10 Å². The quantitative estimate of drug-likeness (QED) is 0.460. The number of aliphatic imine (C=N–C) groups is 1. The van der Waals surface area contributed by atoms with E-state index in [-0.39, 0.29) is 5.97 Å². The molecule has 1 rings (SSSR count). The number of rotatable bonds is 5. The Balaban J connectivity index is 2.48. The van der Waals surface area contributed by atoms with Gasteiger partial charge in [0.1, 0.15) is 0 Å². The highest BCUT2D eigenvalue weighted by Gasteiger charge is 2.09. The molecule has 0 saturated heterocycles. The normalized spacial score (nSPS) is 11.3. The molecule has 0 spiro atoms. The Labute approximate surface area is 119 Å². The van der Waals surface area contributed by atoms with E-state index in [0.29, 0.717) is 25.5 Å². The lowest BCUT2D eigenvalue weighted by Gasteiger charge is -2.11. The minimum atomic E-state index is -0.244. The number of esters is 1. The van der Waals surface area contributed by atoms with Crippen molar-refractivity contribution in [3.63, 3.8) is 0 Å². The van der Waals surface area contributed by atoms with Crippen molar-refractivity contribution in [3.05, 3.63) is 17.0 Å². The molecule has 1 heterocycles. The van der Waals surface area contributed by atoms with E-state index < -0.39 is 0 Å². The summed E-state index contributed by atoms with van der Waals surface area (Å²) in [6, 6.07) is 0. The maximum absolute atomic E-state index is 11.0. The number of ether oxygens (including phenoxy) is 1. The van der Waals surface area contributed by atoms with Crippen LogP contribution in [-0.2, 0) is 23.1 Å². The number of carbonyl (C=O) groups excluding carboxylic acids is 1. The van der Waals surface area contributed by atoms with E-state index in [1.165, 1.54) is 7.11 Å². The predicted molar refractivity (Wildman–Crippen MR) is 77.5 cm³/mol. The van der Waals surface area contributed by atoms with E-state index in [1.54, 1.807) is 7.05 Å². The minimum Gasteiger partial charge on any atom is -0.469 e. The number of hydrogen-bond acceptors (Lipinski definition) is 4. The van der Waals surface area contributed by atoms with Gasteiger partial charge in [-0.3, -0.25) is 14.5 Å². The summed E-state index contributed by atoms with van der Waals surface area (Å²) in [5.74, 6) is 0.406. The zero-order valence-corrected chi connectivity index (χ0v) is 12.8. The molecule has 0 aromatic carbocycles. The first-order valence-electron chi connectivity index (χ1n) is 6.50. The Bertz CT molecular complexity index is 493. The number of guanidine groups is 1. The largest absolute Gasteiger partial charge is 0.469 e. The lowest BCUT2D eigenvalue weighted by Crippen LogP contribution is -2.38. The van der Waals surface area contributed by atoms with Crippen LogP contribution in [0, 0.1) is 13.8 Å². The van der Waals surface area contributed by atoms with E-state index in [0.717, 1.165) is 17.0 Å². The van der Waals surface area contributed by atoms with Gasteiger partial charge < -0.3 is 15.4 Å². The van der Waals surface area contributed by atoms with Gasteiger partial charge in [-0.25, -0.2) is 0 Å². The maximum atomic E-state index is 11.0. The minimum absolute atomic E-state index is 0.244. The van der Waals surface area contributed by atoms with Gasteiger partial charge in [-0.05, 0) is 13.8 Å². The van der Waals surface area contributed by atoms with Crippen LogP contribution in [0.1, 0.15) is 23.4 Å². The summed E-state index contributed by atoms with van der Waals surface area (Å²) in [5.41, 5.74) is 3.28. The first kappa shape index (κ1) is 16.0. The number of carbonyl (C=O) groups is 1. The SMILES string of the molecule is CN=C(NCCC(=O)OC)NCc1c(C)nn(C)c1C. The van der Waals surface area contributed by atoms with Gasteiger partial charge >= 0.3 is 5.97 Å². The standard InChI is InChI=1S/C13H23N5O2/c1-9-11(10(2)18(4)17-9)8-16-13(14-3)15-7-6-12(19)20-5/h6-8H2,1-5H3,(H2,14,15,16). The summed E-state index contributed by atoms with van der Waals surface area (Å²) in [5, 5.41) is 10.6. The first-order chi connectivity index (χ1) is 9.49. The third-order valence-corrected chi connectivity index (χ3v) is 3.16. The fourth-order valence-electron chi connectivity index (χ4n) is 1.85. The fraction of sp³-hybridized carbons (Fsp3) is 0.615. The van der Waals surface area contributed by atoms with Crippen LogP contribution in [0.2, 0.25) is 0 Å². The molecule has 0 saturated carbocycles. The van der Waals surface area contributed by atoms with E-state index in [1.807, 2.05) is 25.6 Å². The molecule has 0 aliphatic heterocycles. The van der Waals surface area contributed by atoms with Crippen molar-refractivity contribution in [2.24, 2.45) is 12.0 Å². The van der Waals surface area contributed by atoms with Crippen molar-refractivity contribution >= 4 is 11.9 Å². The van der Waals surface area contributed by atoms with E-state index in [4.69, 9.17) is 0 Å². The highest BCUT2D eigenvalue weighted by molar-refractivity contribution is 5.80. The van der Waals surface area contributed by atoms with Gasteiger partial charge in [0, 0.05) is 38.4 Å². The molecule has 0 atom stereocenters. The second-order valence-electron chi connectivity index (χ2n) is 4.45. The summed E-state index contributed by atoms with van der Waals surface area (Å²) in [6.07, 6.45) is 0.308. The Hall–Kier alpha value is -2.05. The van der Waals surface area contributed by atoms with Gasteiger partial charge in [-0.15, -0.1) is 0 Å². The van der Waals surface area contributed by atoms with Gasteiger partial charge in [-0.1, -0.05) is 0 Å². The molecule has 0 aliphatic rings. The van der Waals surface area contributed by atoms with Crippen molar-refractivity contribution in [2.75, 3.05) is 20.7 Å². The summed E-state index contributed by atoms with van der Waals surface area (Å²) in [4.78, 5) is 15.1. The molecule has 7 nitrogen and oxygen atoms in total. The Kier molecular flexibility index (Phi) is 6.02. The Morgan fingerprint density at radius 2 is 2.10 bits per heavy atom. The molecule has 1 aromatic heterocycles. The number of nitrogens with one attached hydrogen (secondary N) is 2. The number of nitrogens with zero attached hydrogens (tertiary/aromatic N) is 3. The van der Waals surface area contributed by atoms with Crippen LogP contribution in [0.4, 0.5) is 0 Å². The van der Waals surface area contributed by atoms with Crippen molar-refractivity contribution in [2.45, 2.75) is 26.8 Å². The Morgan fingerprint density at radius 3 is 2.60 bits per heavy atom. The summed E-state index contributed by atoms with van der Waals surface area (Å²) >= 11 is 0. The van der Waals surface area contributed by atoms with Gasteiger partial charge in [0.05, 0.1) is 19.2 Å². The average Bonchev–Trinajstić information content (AvgIpc) is 2.67. The molecule has 112 valence electrons. The molecule has 0 amide bonds. The Morgan fingerprint density at radius 1 is 1.40 bits per heavy atom. The summed E-state index contributed by atoms with van der Waals surface area (Å²) < 4.78 is 6.44. The van der Waals surface area contributed by atoms with Gasteiger partial charge in [0.2, 0.25) is 0 Å². The highest BCUT2D eigenvalue weighted by atomic mass is 16.5. The zero-order valence-electron chi connectivity index (χ0n) is 12.8. The van der Waals surface area contributed by atoms with Crippen molar-refractivity contribution < 1.29 is 9.53 Å². The van der Waals surface area contributed by atoms with Crippen LogP contribution in [0.3, 0.4) is 0 Å². The van der Waals surface area contributed by atoms with Gasteiger partial charge in [0.25, 0.3) is 0 Å². The van der Waals surface area contributed by atoms with Crippen molar-refractivity contribution in [1.29, 1.82) is 0 Å². The molecule has 0 fully saturated rings.